The van der Waals surface area contributed by atoms with Crippen molar-refractivity contribution in [1.29, 1.82) is 0 Å². The molecule has 0 aliphatic rings. The Labute approximate surface area is 158 Å². The SMILES string of the molecule is Cc1ccc(/C=C/C(=O)Nc2cccc(C(=O)Nc3ccccc3)c2)cc1. The fourth-order valence-electron chi connectivity index (χ4n) is 2.50. The van der Waals surface area contributed by atoms with Crippen LogP contribution >= 0.6 is 0 Å². The van der Waals surface area contributed by atoms with Gasteiger partial charge < -0.3 is 10.6 Å². The number of benzene rings is 3. The normalized spacial score (nSPS) is 10.6. The van der Waals surface area contributed by atoms with Crippen LogP contribution < -0.4 is 10.6 Å². The summed E-state index contributed by atoms with van der Waals surface area (Å²) in [5.74, 6) is -0.483. The summed E-state index contributed by atoms with van der Waals surface area (Å²) in [5, 5.41) is 5.60. The molecule has 0 atom stereocenters. The number of hydrogen-bond acceptors (Lipinski definition) is 2. The number of para-hydroxylation sites is 1. The van der Waals surface area contributed by atoms with Crippen LogP contribution in [0.15, 0.2) is 84.9 Å². The lowest BCUT2D eigenvalue weighted by molar-refractivity contribution is -0.111. The van der Waals surface area contributed by atoms with Crippen LogP contribution in [0.25, 0.3) is 6.08 Å². The number of anilines is 2. The lowest BCUT2D eigenvalue weighted by atomic mass is 10.1. The predicted octanol–water partition coefficient (Wildman–Crippen LogP) is 4.90. The first kappa shape index (κ1) is 18.1. The largest absolute Gasteiger partial charge is 0.322 e. The molecular weight excluding hydrogens is 336 g/mol. The van der Waals surface area contributed by atoms with Crippen LogP contribution in [0.3, 0.4) is 0 Å². The number of carbonyl (C=O) groups excluding carboxylic acids is 2. The fraction of sp³-hybridized carbons (Fsp3) is 0.0435. The molecule has 0 unspecified atom stereocenters. The molecule has 0 aromatic heterocycles. The maximum atomic E-state index is 12.4. The first-order valence-corrected chi connectivity index (χ1v) is 8.62. The molecule has 0 fully saturated rings. The van der Waals surface area contributed by atoms with E-state index in [1.54, 1.807) is 30.3 Å². The number of aryl methyl sites for hydroxylation is 1. The van der Waals surface area contributed by atoms with Gasteiger partial charge in [0.15, 0.2) is 0 Å². The van der Waals surface area contributed by atoms with E-state index in [-0.39, 0.29) is 11.8 Å². The van der Waals surface area contributed by atoms with Gasteiger partial charge in [0.2, 0.25) is 5.91 Å². The minimum absolute atomic E-state index is 0.229. The smallest absolute Gasteiger partial charge is 0.255 e. The molecule has 2 amide bonds. The first-order valence-electron chi connectivity index (χ1n) is 8.62. The molecular formula is C23H20N2O2. The van der Waals surface area contributed by atoms with E-state index in [2.05, 4.69) is 10.6 Å². The third-order valence-electron chi connectivity index (χ3n) is 3.93. The van der Waals surface area contributed by atoms with Gasteiger partial charge in [-0.1, -0.05) is 54.1 Å². The number of rotatable bonds is 5. The second-order valence-electron chi connectivity index (χ2n) is 6.13. The Kier molecular flexibility index (Phi) is 5.80. The van der Waals surface area contributed by atoms with E-state index in [9.17, 15) is 9.59 Å². The van der Waals surface area contributed by atoms with Crippen LogP contribution in [-0.2, 0) is 4.79 Å². The van der Waals surface area contributed by atoms with Gasteiger partial charge in [-0.25, -0.2) is 0 Å². The minimum atomic E-state index is -0.254. The molecule has 134 valence electrons. The van der Waals surface area contributed by atoms with Crippen LogP contribution in [0, 0.1) is 6.92 Å². The zero-order valence-electron chi connectivity index (χ0n) is 15.0. The van der Waals surface area contributed by atoms with Gasteiger partial charge in [-0.2, -0.15) is 0 Å². The summed E-state index contributed by atoms with van der Waals surface area (Å²) in [6.45, 7) is 2.02. The molecule has 0 radical (unpaired) electrons. The lowest BCUT2D eigenvalue weighted by Crippen LogP contribution is -2.13. The monoisotopic (exact) mass is 356 g/mol. The number of amides is 2. The van der Waals surface area contributed by atoms with E-state index in [0.717, 1.165) is 11.3 Å². The zero-order chi connectivity index (χ0) is 19.1. The van der Waals surface area contributed by atoms with Gasteiger partial charge in [0, 0.05) is 23.0 Å². The molecule has 27 heavy (non-hydrogen) atoms. The molecule has 0 saturated heterocycles. The molecule has 4 heteroatoms. The van der Waals surface area contributed by atoms with Crippen molar-refractivity contribution >= 4 is 29.3 Å². The Morgan fingerprint density at radius 2 is 1.48 bits per heavy atom. The number of hydrogen-bond donors (Lipinski definition) is 2. The second kappa shape index (κ2) is 8.63. The summed E-state index contributed by atoms with van der Waals surface area (Å²) in [4.78, 5) is 24.5. The molecule has 0 heterocycles. The van der Waals surface area contributed by atoms with Crippen LogP contribution in [0.1, 0.15) is 21.5 Å². The van der Waals surface area contributed by atoms with Crippen LogP contribution in [0.2, 0.25) is 0 Å². The highest BCUT2D eigenvalue weighted by Crippen LogP contribution is 2.14. The number of nitrogens with one attached hydrogen (secondary N) is 2. The van der Waals surface area contributed by atoms with E-state index in [1.165, 1.54) is 11.6 Å². The molecule has 3 rings (SSSR count). The average Bonchev–Trinajstić information content (AvgIpc) is 2.68. The topological polar surface area (TPSA) is 58.2 Å². The Hall–Kier alpha value is -3.66. The van der Waals surface area contributed by atoms with Crippen molar-refractivity contribution in [1.82, 2.24) is 0 Å². The molecule has 3 aromatic carbocycles. The Morgan fingerprint density at radius 1 is 0.778 bits per heavy atom. The third-order valence-corrected chi connectivity index (χ3v) is 3.93. The third kappa shape index (κ3) is 5.41. The average molecular weight is 356 g/mol. The van der Waals surface area contributed by atoms with Crippen LogP contribution in [-0.4, -0.2) is 11.8 Å². The molecule has 4 nitrogen and oxygen atoms in total. The number of carbonyl (C=O) groups is 2. The highest BCUT2D eigenvalue weighted by Gasteiger charge is 2.07. The van der Waals surface area contributed by atoms with Crippen molar-refractivity contribution < 1.29 is 9.59 Å². The second-order valence-corrected chi connectivity index (χ2v) is 6.13. The molecule has 0 aliphatic heterocycles. The van der Waals surface area contributed by atoms with Crippen molar-refractivity contribution in [3.63, 3.8) is 0 Å². The van der Waals surface area contributed by atoms with E-state index >= 15 is 0 Å². The molecule has 0 bridgehead atoms. The van der Waals surface area contributed by atoms with Crippen molar-refractivity contribution in [3.8, 4) is 0 Å². The van der Waals surface area contributed by atoms with Crippen LogP contribution in [0.5, 0.6) is 0 Å². The summed E-state index contributed by atoms with van der Waals surface area (Å²) >= 11 is 0. The highest BCUT2D eigenvalue weighted by atomic mass is 16.2. The summed E-state index contributed by atoms with van der Waals surface area (Å²) in [7, 11) is 0. The van der Waals surface area contributed by atoms with Crippen molar-refractivity contribution in [3.05, 3.63) is 102 Å². The standard InChI is InChI=1S/C23H20N2O2/c1-17-10-12-18(13-11-17)14-15-22(26)24-21-9-5-6-19(16-21)23(27)25-20-7-3-2-4-8-20/h2-16H,1H3,(H,24,26)(H,25,27)/b15-14+. The molecule has 3 aromatic rings. The lowest BCUT2D eigenvalue weighted by Gasteiger charge is -2.07. The van der Waals surface area contributed by atoms with Crippen LogP contribution in [0.4, 0.5) is 11.4 Å². The molecule has 0 spiro atoms. The van der Waals surface area contributed by atoms with Gasteiger partial charge in [0.05, 0.1) is 0 Å². The summed E-state index contributed by atoms with van der Waals surface area (Å²) in [6.07, 6.45) is 3.22. The van der Waals surface area contributed by atoms with Gasteiger partial charge in [-0.05, 0) is 48.9 Å². The summed E-state index contributed by atoms with van der Waals surface area (Å²) in [6, 6.07) is 24.0. The summed E-state index contributed by atoms with van der Waals surface area (Å²) in [5.41, 5.74) is 3.88. The van der Waals surface area contributed by atoms with Crippen molar-refractivity contribution in [2.24, 2.45) is 0 Å². The first-order chi connectivity index (χ1) is 13.1. The van der Waals surface area contributed by atoms with E-state index in [4.69, 9.17) is 0 Å². The minimum Gasteiger partial charge on any atom is -0.322 e. The predicted molar refractivity (Wildman–Crippen MR) is 110 cm³/mol. The van der Waals surface area contributed by atoms with E-state index < -0.39 is 0 Å². The molecule has 2 N–H and O–H groups in total. The quantitative estimate of drug-likeness (QED) is 0.639. The van der Waals surface area contributed by atoms with E-state index in [1.807, 2.05) is 61.5 Å². The van der Waals surface area contributed by atoms with Crippen molar-refractivity contribution in [2.75, 3.05) is 10.6 Å². The molecule has 0 aliphatic carbocycles. The van der Waals surface area contributed by atoms with E-state index in [0.29, 0.717) is 11.3 Å². The Morgan fingerprint density at radius 3 is 2.22 bits per heavy atom. The maximum absolute atomic E-state index is 12.4. The van der Waals surface area contributed by atoms with Gasteiger partial charge in [-0.15, -0.1) is 0 Å². The Balaban J connectivity index is 1.63. The highest BCUT2D eigenvalue weighted by molar-refractivity contribution is 6.06. The molecule has 0 saturated carbocycles. The van der Waals surface area contributed by atoms with Gasteiger partial charge in [0.1, 0.15) is 0 Å². The summed E-state index contributed by atoms with van der Waals surface area (Å²) < 4.78 is 0. The van der Waals surface area contributed by atoms with Gasteiger partial charge in [-0.3, -0.25) is 9.59 Å². The van der Waals surface area contributed by atoms with Gasteiger partial charge in [0.25, 0.3) is 5.91 Å². The fourth-order valence-corrected chi connectivity index (χ4v) is 2.50. The maximum Gasteiger partial charge on any atom is 0.255 e. The Bertz CT molecular complexity index is 961. The zero-order valence-corrected chi connectivity index (χ0v) is 15.0. The van der Waals surface area contributed by atoms with Gasteiger partial charge >= 0.3 is 0 Å². The van der Waals surface area contributed by atoms with Crippen molar-refractivity contribution in [2.45, 2.75) is 6.92 Å².